The van der Waals surface area contributed by atoms with Gasteiger partial charge in [-0.1, -0.05) is 6.07 Å². The summed E-state index contributed by atoms with van der Waals surface area (Å²) in [5.74, 6) is -0.267. The van der Waals surface area contributed by atoms with Crippen LogP contribution in [0.5, 0.6) is 0 Å². The molecule has 0 fully saturated rings. The van der Waals surface area contributed by atoms with Crippen LogP contribution in [0.4, 0.5) is 5.82 Å². The summed E-state index contributed by atoms with van der Waals surface area (Å²) in [6.45, 7) is 7.35. The van der Waals surface area contributed by atoms with E-state index in [1.54, 1.807) is 33.0 Å². The molecule has 0 bridgehead atoms. The van der Waals surface area contributed by atoms with Crippen molar-refractivity contribution in [3.05, 3.63) is 46.4 Å². The highest BCUT2D eigenvalue weighted by Gasteiger charge is 2.23. The number of aromatic nitrogens is 2. The van der Waals surface area contributed by atoms with E-state index in [4.69, 9.17) is 4.74 Å². The highest BCUT2D eigenvalue weighted by Crippen LogP contribution is 2.20. The van der Waals surface area contributed by atoms with E-state index in [1.165, 1.54) is 0 Å². The molecule has 0 saturated carbocycles. The summed E-state index contributed by atoms with van der Waals surface area (Å²) in [6.07, 6.45) is 1.61. The smallest absolute Gasteiger partial charge is 0.340 e. The van der Waals surface area contributed by atoms with Crippen molar-refractivity contribution < 1.29 is 14.3 Å². The second kappa shape index (κ2) is 6.43. The molecule has 2 heterocycles. The van der Waals surface area contributed by atoms with Gasteiger partial charge in [-0.25, -0.2) is 9.78 Å². The average molecular weight is 301 g/mol. The minimum absolute atomic E-state index is 0.289. The fourth-order valence-electron chi connectivity index (χ4n) is 2.27. The Balaban J connectivity index is 2.30. The highest BCUT2D eigenvalue weighted by molar-refractivity contribution is 6.06. The topological polar surface area (TPSA) is 84.1 Å². The molecule has 0 radical (unpaired) electrons. The van der Waals surface area contributed by atoms with Crippen LogP contribution in [0.15, 0.2) is 18.3 Å². The number of nitrogens with one attached hydrogen (secondary N) is 2. The number of amides is 1. The lowest BCUT2D eigenvalue weighted by molar-refractivity contribution is 0.0525. The summed E-state index contributed by atoms with van der Waals surface area (Å²) in [6, 6.07) is 3.66. The van der Waals surface area contributed by atoms with Gasteiger partial charge < -0.3 is 15.0 Å². The Morgan fingerprint density at radius 1 is 1.32 bits per heavy atom. The maximum absolute atomic E-state index is 12.4. The number of carbonyl (C=O) groups is 2. The largest absolute Gasteiger partial charge is 0.462 e. The van der Waals surface area contributed by atoms with Crippen molar-refractivity contribution in [3.8, 4) is 0 Å². The predicted molar refractivity (Wildman–Crippen MR) is 83.2 cm³/mol. The van der Waals surface area contributed by atoms with Gasteiger partial charge in [-0.3, -0.25) is 4.79 Å². The zero-order valence-corrected chi connectivity index (χ0v) is 13.1. The van der Waals surface area contributed by atoms with Gasteiger partial charge in [-0.15, -0.1) is 0 Å². The number of ether oxygens (including phenoxy) is 1. The third-order valence-corrected chi connectivity index (χ3v) is 3.39. The summed E-state index contributed by atoms with van der Waals surface area (Å²) in [5.41, 5.74) is 2.79. The maximum atomic E-state index is 12.4. The summed E-state index contributed by atoms with van der Waals surface area (Å²) >= 11 is 0. The van der Waals surface area contributed by atoms with E-state index in [2.05, 4.69) is 15.3 Å². The van der Waals surface area contributed by atoms with Crippen molar-refractivity contribution in [2.24, 2.45) is 0 Å². The van der Waals surface area contributed by atoms with Gasteiger partial charge in [0.25, 0.3) is 5.91 Å². The monoisotopic (exact) mass is 301 g/mol. The predicted octanol–water partition coefficient (Wildman–Crippen LogP) is 2.76. The quantitative estimate of drug-likeness (QED) is 0.850. The first-order valence-corrected chi connectivity index (χ1v) is 7.05. The molecule has 116 valence electrons. The summed E-state index contributed by atoms with van der Waals surface area (Å²) in [4.78, 5) is 31.4. The van der Waals surface area contributed by atoms with Gasteiger partial charge in [-0.05, 0) is 44.9 Å². The van der Waals surface area contributed by atoms with Crippen LogP contribution < -0.4 is 5.32 Å². The van der Waals surface area contributed by atoms with Gasteiger partial charge in [0.2, 0.25) is 0 Å². The standard InChI is InChI=1S/C16H19N3O3/c1-5-22-16(21)12-10(3)13(18-11(12)4)15(20)19-14-9(2)7-6-8-17-14/h6-8,18H,5H2,1-4H3,(H,17,19,20). The molecule has 0 saturated heterocycles. The molecule has 0 unspecified atom stereocenters. The van der Waals surface area contributed by atoms with E-state index < -0.39 is 5.97 Å². The second-order valence-corrected chi connectivity index (χ2v) is 4.97. The Morgan fingerprint density at radius 2 is 2.05 bits per heavy atom. The number of rotatable bonds is 4. The first-order valence-electron chi connectivity index (χ1n) is 7.05. The molecule has 22 heavy (non-hydrogen) atoms. The van der Waals surface area contributed by atoms with E-state index in [0.29, 0.717) is 28.3 Å². The van der Waals surface area contributed by atoms with Gasteiger partial charge in [0.05, 0.1) is 12.2 Å². The second-order valence-electron chi connectivity index (χ2n) is 4.97. The minimum Gasteiger partial charge on any atom is -0.462 e. The lowest BCUT2D eigenvalue weighted by Crippen LogP contribution is -2.15. The average Bonchev–Trinajstić information content (AvgIpc) is 2.77. The van der Waals surface area contributed by atoms with Crippen molar-refractivity contribution in [2.75, 3.05) is 11.9 Å². The number of hydrogen-bond acceptors (Lipinski definition) is 4. The number of aryl methyl sites for hydroxylation is 2. The lowest BCUT2D eigenvalue weighted by Gasteiger charge is -2.06. The van der Waals surface area contributed by atoms with Gasteiger partial charge in [0.1, 0.15) is 11.5 Å². The minimum atomic E-state index is -0.429. The van der Waals surface area contributed by atoms with Crippen LogP contribution in [0.3, 0.4) is 0 Å². The molecule has 1 amide bonds. The zero-order valence-electron chi connectivity index (χ0n) is 13.1. The van der Waals surface area contributed by atoms with E-state index in [1.807, 2.05) is 13.0 Å². The molecule has 2 aromatic rings. The molecule has 2 rings (SSSR count). The number of H-pyrrole nitrogens is 1. The number of nitrogens with zero attached hydrogens (tertiary/aromatic N) is 1. The molecular weight excluding hydrogens is 282 g/mol. The Hall–Kier alpha value is -2.63. The van der Waals surface area contributed by atoms with Crippen LogP contribution in [-0.2, 0) is 4.74 Å². The Bertz CT molecular complexity index is 719. The number of hydrogen-bond donors (Lipinski definition) is 2. The normalized spacial score (nSPS) is 10.4. The molecular formula is C16H19N3O3. The van der Waals surface area contributed by atoms with Crippen molar-refractivity contribution in [1.29, 1.82) is 0 Å². The summed E-state index contributed by atoms with van der Waals surface area (Å²) in [7, 11) is 0. The summed E-state index contributed by atoms with van der Waals surface area (Å²) < 4.78 is 5.02. The molecule has 0 aliphatic rings. The SMILES string of the molecule is CCOC(=O)c1c(C)[nH]c(C(=O)Nc2ncccc2C)c1C. The fourth-order valence-corrected chi connectivity index (χ4v) is 2.27. The van der Waals surface area contributed by atoms with E-state index in [-0.39, 0.29) is 12.5 Å². The lowest BCUT2D eigenvalue weighted by atomic mass is 10.1. The molecule has 0 spiro atoms. The molecule has 2 aromatic heterocycles. The molecule has 0 aromatic carbocycles. The Kier molecular flexibility index (Phi) is 4.60. The number of esters is 1. The molecule has 2 N–H and O–H groups in total. The van der Waals surface area contributed by atoms with Crippen LogP contribution in [-0.4, -0.2) is 28.5 Å². The van der Waals surface area contributed by atoms with E-state index in [0.717, 1.165) is 5.56 Å². The molecule has 0 aliphatic heterocycles. The van der Waals surface area contributed by atoms with Gasteiger partial charge >= 0.3 is 5.97 Å². The van der Waals surface area contributed by atoms with Gasteiger partial charge in [0, 0.05) is 11.9 Å². The van der Waals surface area contributed by atoms with Crippen LogP contribution in [0.25, 0.3) is 0 Å². The first kappa shape index (κ1) is 15.8. The van der Waals surface area contributed by atoms with Crippen LogP contribution in [0.1, 0.15) is 44.6 Å². The molecule has 6 nitrogen and oxygen atoms in total. The number of anilines is 1. The van der Waals surface area contributed by atoms with Crippen molar-refractivity contribution in [2.45, 2.75) is 27.7 Å². The number of aromatic amines is 1. The van der Waals surface area contributed by atoms with Gasteiger partial charge in [-0.2, -0.15) is 0 Å². The number of pyridine rings is 1. The first-order chi connectivity index (χ1) is 10.5. The Labute approximate surface area is 128 Å². The highest BCUT2D eigenvalue weighted by atomic mass is 16.5. The fraction of sp³-hybridized carbons (Fsp3) is 0.312. The van der Waals surface area contributed by atoms with Crippen LogP contribution in [0, 0.1) is 20.8 Å². The summed E-state index contributed by atoms with van der Waals surface area (Å²) in [5, 5.41) is 2.75. The van der Waals surface area contributed by atoms with Crippen molar-refractivity contribution >= 4 is 17.7 Å². The maximum Gasteiger partial charge on any atom is 0.340 e. The Morgan fingerprint density at radius 3 is 2.68 bits per heavy atom. The van der Waals surface area contributed by atoms with Gasteiger partial charge in [0.15, 0.2) is 0 Å². The molecule has 0 atom stereocenters. The van der Waals surface area contributed by atoms with Crippen LogP contribution >= 0.6 is 0 Å². The van der Waals surface area contributed by atoms with Crippen molar-refractivity contribution in [1.82, 2.24) is 9.97 Å². The van der Waals surface area contributed by atoms with Crippen molar-refractivity contribution in [3.63, 3.8) is 0 Å². The van der Waals surface area contributed by atoms with Crippen LogP contribution in [0.2, 0.25) is 0 Å². The van der Waals surface area contributed by atoms with E-state index >= 15 is 0 Å². The zero-order chi connectivity index (χ0) is 16.3. The molecule has 6 heteroatoms. The third kappa shape index (κ3) is 3.00. The third-order valence-electron chi connectivity index (χ3n) is 3.39. The molecule has 0 aliphatic carbocycles. The van der Waals surface area contributed by atoms with E-state index in [9.17, 15) is 9.59 Å². The number of carbonyl (C=O) groups excluding carboxylic acids is 2.